The molecule has 1 aliphatic carbocycles. The number of aryl methyl sites for hydroxylation is 1. The van der Waals surface area contributed by atoms with E-state index in [9.17, 15) is 22.8 Å². The summed E-state index contributed by atoms with van der Waals surface area (Å²) in [6, 6.07) is 8.42. The molecule has 1 N–H and O–H groups in total. The van der Waals surface area contributed by atoms with Gasteiger partial charge in [-0.3, -0.25) is 9.59 Å². The van der Waals surface area contributed by atoms with Crippen molar-refractivity contribution < 1.29 is 27.5 Å². The Bertz CT molecular complexity index is 1280. The molecule has 0 saturated heterocycles. The van der Waals surface area contributed by atoms with Gasteiger partial charge in [0.25, 0.3) is 0 Å². The molecule has 1 saturated carbocycles. The normalized spacial score (nSPS) is 13.4. The average molecular weight is 504 g/mol. The molecule has 6 nitrogen and oxygen atoms in total. The highest BCUT2D eigenvalue weighted by atomic mass is 35.5. The summed E-state index contributed by atoms with van der Waals surface area (Å²) >= 11 is 5.64. The number of hydrogen-bond acceptors (Lipinski definition) is 5. The maximum Gasteiger partial charge on any atom is 0.417 e. The van der Waals surface area contributed by atoms with E-state index in [1.165, 1.54) is 18.5 Å². The molecule has 0 radical (unpaired) electrons. The van der Waals surface area contributed by atoms with Gasteiger partial charge in [-0.05, 0) is 55.2 Å². The SMILES string of the molecule is Cc1cc(CC(=O)Cc2ccc(Cl)c(C(F)(F)F)c2)cnc1Oc1ccnc(NC(=O)C2CC2)c1. The van der Waals surface area contributed by atoms with Crippen molar-refractivity contribution in [1.29, 1.82) is 0 Å². The van der Waals surface area contributed by atoms with Gasteiger partial charge >= 0.3 is 6.18 Å². The zero-order valence-corrected chi connectivity index (χ0v) is 19.4. The van der Waals surface area contributed by atoms with Crippen LogP contribution in [0.15, 0.2) is 48.8 Å². The Kier molecular flexibility index (Phi) is 7.07. The van der Waals surface area contributed by atoms with E-state index in [0.717, 1.165) is 25.0 Å². The summed E-state index contributed by atoms with van der Waals surface area (Å²) in [4.78, 5) is 32.8. The Morgan fingerprint density at radius 3 is 2.51 bits per heavy atom. The molecule has 182 valence electrons. The summed E-state index contributed by atoms with van der Waals surface area (Å²) in [5, 5.41) is 2.35. The Balaban J connectivity index is 1.39. The van der Waals surface area contributed by atoms with Crippen LogP contribution in [0.5, 0.6) is 11.6 Å². The zero-order valence-electron chi connectivity index (χ0n) is 18.7. The first-order chi connectivity index (χ1) is 16.6. The molecule has 0 aliphatic heterocycles. The number of rotatable bonds is 8. The molecule has 0 bridgehead atoms. The van der Waals surface area contributed by atoms with Crippen LogP contribution in [-0.4, -0.2) is 21.7 Å². The van der Waals surface area contributed by atoms with Gasteiger partial charge in [0.1, 0.15) is 17.4 Å². The molecule has 1 amide bonds. The van der Waals surface area contributed by atoms with Crippen molar-refractivity contribution >= 4 is 29.1 Å². The van der Waals surface area contributed by atoms with Crippen molar-refractivity contribution in [3.63, 3.8) is 0 Å². The van der Waals surface area contributed by atoms with Crippen molar-refractivity contribution in [3.05, 3.63) is 76.1 Å². The summed E-state index contributed by atoms with van der Waals surface area (Å²) in [6.45, 7) is 1.77. The Morgan fingerprint density at radius 1 is 1.09 bits per heavy atom. The fourth-order valence-electron chi connectivity index (χ4n) is 3.47. The molecule has 35 heavy (non-hydrogen) atoms. The number of Topliss-reactive ketones (excluding diaryl/α,β-unsaturated/α-hetero) is 1. The number of anilines is 1. The number of aromatic nitrogens is 2. The lowest BCUT2D eigenvalue weighted by molar-refractivity contribution is -0.137. The van der Waals surface area contributed by atoms with E-state index in [-0.39, 0.29) is 36.0 Å². The number of benzene rings is 1. The summed E-state index contributed by atoms with van der Waals surface area (Å²) < 4.78 is 45.0. The largest absolute Gasteiger partial charge is 0.439 e. The van der Waals surface area contributed by atoms with Gasteiger partial charge in [0.2, 0.25) is 11.8 Å². The van der Waals surface area contributed by atoms with Crippen molar-refractivity contribution in [2.24, 2.45) is 5.92 Å². The lowest BCUT2D eigenvalue weighted by Gasteiger charge is -2.11. The molecule has 0 spiro atoms. The van der Waals surface area contributed by atoms with Crippen LogP contribution in [0.1, 0.15) is 35.1 Å². The third-order valence-electron chi connectivity index (χ3n) is 5.37. The van der Waals surface area contributed by atoms with Crippen LogP contribution in [0.2, 0.25) is 5.02 Å². The second-order valence-corrected chi connectivity index (χ2v) is 8.82. The van der Waals surface area contributed by atoms with Crippen LogP contribution in [0.3, 0.4) is 0 Å². The number of nitrogens with one attached hydrogen (secondary N) is 1. The molecule has 10 heteroatoms. The highest BCUT2D eigenvalue weighted by Crippen LogP contribution is 2.35. The van der Waals surface area contributed by atoms with Crippen LogP contribution in [0.4, 0.5) is 19.0 Å². The van der Waals surface area contributed by atoms with Gasteiger partial charge in [-0.1, -0.05) is 17.7 Å². The maximum absolute atomic E-state index is 13.1. The number of amides is 1. The predicted molar refractivity (Wildman–Crippen MR) is 124 cm³/mol. The highest BCUT2D eigenvalue weighted by Gasteiger charge is 2.33. The average Bonchev–Trinajstić information content (AvgIpc) is 3.62. The maximum atomic E-state index is 13.1. The van der Waals surface area contributed by atoms with Gasteiger partial charge < -0.3 is 10.1 Å². The molecule has 0 unspecified atom stereocenters. The molecule has 1 aliphatic rings. The van der Waals surface area contributed by atoms with Crippen LogP contribution in [-0.2, 0) is 28.6 Å². The Morgan fingerprint density at radius 2 is 1.83 bits per heavy atom. The van der Waals surface area contributed by atoms with Crippen LogP contribution in [0, 0.1) is 12.8 Å². The molecule has 4 rings (SSSR count). The van der Waals surface area contributed by atoms with Crippen molar-refractivity contribution in [3.8, 4) is 11.6 Å². The van der Waals surface area contributed by atoms with Gasteiger partial charge in [-0.15, -0.1) is 0 Å². The van der Waals surface area contributed by atoms with E-state index < -0.39 is 16.8 Å². The molecule has 0 atom stereocenters. The van der Waals surface area contributed by atoms with Crippen molar-refractivity contribution in [1.82, 2.24) is 9.97 Å². The standard InChI is InChI=1S/C25H21ClF3N3O3/c1-14-8-16(10-18(33)9-15-2-5-21(26)20(11-15)25(27,28)29)13-31-24(14)35-19-6-7-30-22(12-19)32-23(34)17-3-4-17/h2,5-8,11-13,17H,3-4,9-10H2,1H3,(H,30,32,34). The number of halogens is 4. The number of nitrogens with zero attached hydrogens (tertiary/aromatic N) is 2. The lowest BCUT2D eigenvalue weighted by atomic mass is 10.0. The first-order valence-electron chi connectivity index (χ1n) is 10.9. The van der Waals surface area contributed by atoms with Gasteiger partial charge in [0.15, 0.2) is 0 Å². The van der Waals surface area contributed by atoms with Crippen LogP contribution >= 0.6 is 11.6 Å². The quantitative estimate of drug-likeness (QED) is 0.410. The molecular formula is C25H21ClF3N3O3. The number of ketones is 1. The fourth-order valence-corrected chi connectivity index (χ4v) is 3.69. The summed E-state index contributed by atoms with van der Waals surface area (Å²) in [5.41, 5.74) is 0.548. The third-order valence-corrected chi connectivity index (χ3v) is 5.70. The van der Waals surface area contributed by atoms with E-state index in [1.807, 2.05) is 0 Å². The monoisotopic (exact) mass is 503 g/mol. The summed E-state index contributed by atoms with van der Waals surface area (Å²) in [6.07, 6.45) is 0.0178. The fraction of sp³-hybridized carbons (Fsp3) is 0.280. The number of carbonyl (C=O) groups excluding carboxylic acids is 2. The number of hydrogen-bond donors (Lipinski definition) is 1. The molecule has 2 heterocycles. The van der Waals surface area contributed by atoms with Crippen molar-refractivity contribution in [2.45, 2.75) is 38.8 Å². The van der Waals surface area contributed by atoms with Gasteiger partial charge in [0.05, 0.1) is 10.6 Å². The highest BCUT2D eigenvalue weighted by molar-refractivity contribution is 6.31. The molecule has 3 aromatic rings. The molecular weight excluding hydrogens is 483 g/mol. The number of alkyl halides is 3. The molecule has 1 aromatic carbocycles. The summed E-state index contributed by atoms with van der Waals surface area (Å²) in [5.74, 6) is 0.863. The van der Waals surface area contributed by atoms with E-state index in [2.05, 4.69) is 15.3 Å². The molecule has 1 fully saturated rings. The smallest absolute Gasteiger partial charge is 0.417 e. The minimum atomic E-state index is -4.59. The first kappa shape index (κ1) is 24.7. The van der Waals surface area contributed by atoms with E-state index in [4.69, 9.17) is 16.3 Å². The minimum absolute atomic E-state index is 0.00466. The van der Waals surface area contributed by atoms with Gasteiger partial charge in [-0.25, -0.2) is 9.97 Å². The van der Waals surface area contributed by atoms with E-state index >= 15 is 0 Å². The Hall–Kier alpha value is -3.46. The third kappa shape index (κ3) is 6.57. The number of pyridine rings is 2. The van der Waals surface area contributed by atoms with Gasteiger partial charge in [0, 0.05) is 42.8 Å². The second kappa shape index (κ2) is 10.0. The minimum Gasteiger partial charge on any atom is -0.439 e. The lowest BCUT2D eigenvalue weighted by Crippen LogP contribution is -2.14. The van der Waals surface area contributed by atoms with Crippen LogP contribution < -0.4 is 10.1 Å². The van der Waals surface area contributed by atoms with E-state index in [0.29, 0.717) is 28.6 Å². The van der Waals surface area contributed by atoms with Crippen LogP contribution in [0.25, 0.3) is 0 Å². The van der Waals surface area contributed by atoms with Crippen molar-refractivity contribution in [2.75, 3.05) is 5.32 Å². The number of carbonyl (C=O) groups is 2. The predicted octanol–water partition coefficient (Wildman–Crippen LogP) is 5.95. The zero-order chi connectivity index (χ0) is 25.2. The molecule has 2 aromatic heterocycles. The second-order valence-electron chi connectivity index (χ2n) is 8.41. The topological polar surface area (TPSA) is 81.2 Å². The van der Waals surface area contributed by atoms with E-state index in [1.54, 1.807) is 25.1 Å². The Labute approximate surface area is 204 Å². The summed E-state index contributed by atoms with van der Waals surface area (Å²) in [7, 11) is 0. The first-order valence-corrected chi connectivity index (χ1v) is 11.2. The van der Waals surface area contributed by atoms with Gasteiger partial charge in [-0.2, -0.15) is 13.2 Å². The number of ether oxygens (including phenoxy) is 1.